The summed E-state index contributed by atoms with van der Waals surface area (Å²) < 4.78 is 27.8. The normalized spacial score (nSPS) is 15.2. The minimum atomic E-state index is -0.605. The summed E-state index contributed by atoms with van der Waals surface area (Å²) in [4.78, 5) is 34.7. The molecule has 152 valence electrons. The highest BCUT2D eigenvalue weighted by molar-refractivity contribution is 5.99. The van der Waals surface area contributed by atoms with Crippen LogP contribution in [0.15, 0.2) is 61.1 Å². The average Bonchev–Trinajstić information content (AvgIpc) is 3.01. The van der Waals surface area contributed by atoms with Gasteiger partial charge in [0.25, 0.3) is 5.91 Å². The van der Waals surface area contributed by atoms with Crippen molar-refractivity contribution < 1.29 is 18.4 Å². The van der Waals surface area contributed by atoms with Crippen LogP contribution in [0.1, 0.15) is 40.4 Å². The Morgan fingerprint density at radius 3 is 2.63 bits per heavy atom. The molecule has 1 aliphatic rings. The van der Waals surface area contributed by atoms with Gasteiger partial charge >= 0.3 is 0 Å². The second-order valence-electron chi connectivity index (χ2n) is 6.95. The molecule has 8 heteroatoms. The Morgan fingerprint density at radius 2 is 1.90 bits per heavy atom. The molecule has 30 heavy (non-hydrogen) atoms. The van der Waals surface area contributed by atoms with E-state index < -0.39 is 11.9 Å². The fraction of sp³-hybridized carbons (Fsp3) is 0.182. The monoisotopic (exact) mass is 408 g/mol. The first kappa shape index (κ1) is 19.6. The highest BCUT2D eigenvalue weighted by Crippen LogP contribution is 2.39. The van der Waals surface area contributed by atoms with Crippen LogP contribution in [0.4, 0.5) is 14.6 Å². The van der Waals surface area contributed by atoms with Crippen LogP contribution in [-0.4, -0.2) is 26.7 Å². The van der Waals surface area contributed by atoms with Crippen molar-refractivity contribution in [3.8, 4) is 0 Å². The number of nitrogens with one attached hydrogen (secondary N) is 1. The van der Waals surface area contributed by atoms with Crippen LogP contribution in [0, 0.1) is 11.6 Å². The van der Waals surface area contributed by atoms with Crippen molar-refractivity contribution in [2.75, 3.05) is 5.32 Å². The Labute approximate surface area is 171 Å². The van der Waals surface area contributed by atoms with Crippen LogP contribution in [0.2, 0.25) is 0 Å². The fourth-order valence-electron chi connectivity index (χ4n) is 3.62. The Kier molecular flexibility index (Phi) is 5.47. The molecule has 1 aliphatic heterocycles. The fourth-order valence-corrected chi connectivity index (χ4v) is 3.62. The highest BCUT2D eigenvalue weighted by atomic mass is 19.1. The van der Waals surface area contributed by atoms with Gasteiger partial charge in [0, 0.05) is 36.5 Å². The Morgan fingerprint density at radius 1 is 1.10 bits per heavy atom. The summed E-state index contributed by atoms with van der Waals surface area (Å²) in [7, 11) is 0. The van der Waals surface area contributed by atoms with Crippen LogP contribution in [0.25, 0.3) is 0 Å². The predicted molar refractivity (Wildman–Crippen MR) is 105 cm³/mol. The number of fused-ring (bicyclic) bond motifs is 1. The van der Waals surface area contributed by atoms with Crippen molar-refractivity contribution in [3.63, 3.8) is 0 Å². The van der Waals surface area contributed by atoms with Gasteiger partial charge < -0.3 is 10.2 Å². The number of halogens is 2. The third-order valence-corrected chi connectivity index (χ3v) is 5.00. The van der Waals surface area contributed by atoms with Gasteiger partial charge in [-0.15, -0.1) is 0 Å². The van der Waals surface area contributed by atoms with E-state index >= 15 is 0 Å². The first-order valence-corrected chi connectivity index (χ1v) is 9.42. The second-order valence-corrected chi connectivity index (χ2v) is 6.95. The lowest BCUT2D eigenvalue weighted by atomic mass is 9.99. The van der Waals surface area contributed by atoms with Gasteiger partial charge in [-0.25, -0.2) is 13.8 Å². The lowest BCUT2D eigenvalue weighted by Gasteiger charge is -2.25. The molecule has 0 aliphatic carbocycles. The van der Waals surface area contributed by atoms with Crippen LogP contribution in [0.3, 0.4) is 0 Å². The molecule has 0 saturated carbocycles. The maximum Gasteiger partial charge on any atom is 0.255 e. The zero-order chi connectivity index (χ0) is 21.1. The molecule has 6 nitrogen and oxygen atoms in total. The lowest BCUT2D eigenvalue weighted by Crippen LogP contribution is -2.28. The minimum Gasteiger partial charge on any atom is -0.327 e. The van der Waals surface area contributed by atoms with E-state index in [0.29, 0.717) is 11.4 Å². The van der Waals surface area contributed by atoms with E-state index in [4.69, 9.17) is 0 Å². The third-order valence-electron chi connectivity index (χ3n) is 5.00. The molecule has 0 spiro atoms. The number of hydrogen-bond donors (Lipinski definition) is 1. The summed E-state index contributed by atoms with van der Waals surface area (Å²) in [5.41, 5.74) is 1.29. The van der Waals surface area contributed by atoms with Crippen LogP contribution in [-0.2, 0) is 11.3 Å². The standard InChI is InChI=1S/C22H18F2N4O2/c23-15-6-4-14(5-7-15)13-28-18(21-16(22(28)30)2-1-3-17(21)24)8-9-20(29)27-19-12-25-10-11-26-19/h1-7,10-12,18H,8-9,13H2,(H,26,27,29). The molecular formula is C22H18F2N4O2. The summed E-state index contributed by atoms with van der Waals surface area (Å²) >= 11 is 0. The minimum absolute atomic E-state index is 0.0578. The first-order valence-electron chi connectivity index (χ1n) is 9.42. The van der Waals surface area contributed by atoms with Gasteiger partial charge in [0.15, 0.2) is 5.82 Å². The van der Waals surface area contributed by atoms with Crippen molar-refractivity contribution in [1.29, 1.82) is 0 Å². The molecule has 2 aromatic carbocycles. The van der Waals surface area contributed by atoms with Gasteiger partial charge in [0.1, 0.15) is 11.6 Å². The first-order chi connectivity index (χ1) is 14.5. The number of carbonyl (C=O) groups excluding carboxylic acids is 2. The molecule has 0 fully saturated rings. The molecule has 1 N–H and O–H groups in total. The van der Waals surface area contributed by atoms with Gasteiger partial charge in [0.05, 0.1) is 12.2 Å². The number of benzene rings is 2. The van der Waals surface area contributed by atoms with Crippen LogP contribution in [0.5, 0.6) is 0 Å². The number of aromatic nitrogens is 2. The molecule has 2 heterocycles. The molecule has 0 bridgehead atoms. The molecule has 1 atom stereocenters. The molecule has 3 aromatic rings. The van der Waals surface area contributed by atoms with Crippen molar-refractivity contribution >= 4 is 17.6 Å². The van der Waals surface area contributed by atoms with Crippen LogP contribution < -0.4 is 5.32 Å². The number of hydrogen-bond acceptors (Lipinski definition) is 4. The van der Waals surface area contributed by atoms with Crippen molar-refractivity contribution in [2.24, 2.45) is 0 Å². The molecule has 0 saturated heterocycles. The quantitative estimate of drug-likeness (QED) is 0.672. The predicted octanol–water partition coefficient (Wildman–Crippen LogP) is 3.87. The van der Waals surface area contributed by atoms with Crippen molar-refractivity contribution in [3.05, 3.63) is 89.4 Å². The molecule has 1 unspecified atom stereocenters. The van der Waals surface area contributed by atoms with Gasteiger partial charge in [-0.1, -0.05) is 18.2 Å². The Hall–Kier alpha value is -3.68. The van der Waals surface area contributed by atoms with E-state index in [2.05, 4.69) is 15.3 Å². The SMILES string of the molecule is O=C(CCC1c2c(F)cccc2C(=O)N1Cc1ccc(F)cc1)Nc1cnccn1. The third kappa shape index (κ3) is 4.03. The molecule has 1 aromatic heterocycles. The second kappa shape index (κ2) is 8.36. The van der Waals surface area contributed by atoms with Crippen LogP contribution >= 0.6 is 0 Å². The molecule has 4 rings (SSSR count). The van der Waals surface area contributed by atoms with Gasteiger partial charge in [-0.05, 0) is 36.2 Å². The summed E-state index contributed by atoms with van der Waals surface area (Å²) in [5.74, 6) is -1.16. The molecular weight excluding hydrogens is 390 g/mol. The molecule has 0 radical (unpaired) electrons. The van der Waals surface area contributed by atoms with Gasteiger partial charge in [0.2, 0.25) is 5.91 Å². The van der Waals surface area contributed by atoms with E-state index in [1.807, 2.05) is 0 Å². The van der Waals surface area contributed by atoms with Crippen molar-refractivity contribution in [1.82, 2.24) is 14.9 Å². The zero-order valence-electron chi connectivity index (χ0n) is 15.9. The summed E-state index contributed by atoms with van der Waals surface area (Å²) in [6.45, 7) is 0.184. The largest absolute Gasteiger partial charge is 0.327 e. The Bertz CT molecular complexity index is 1070. The molecule has 2 amide bonds. The number of carbonyl (C=O) groups is 2. The maximum atomic E-state index is 14.6. The summed E-state index contributed by atoms with van der Waals surface area (Å²) in [6, 6.07) is 9.56. The topological polar surface area (TPSA) is 75.2 Å². The average molecular weight is 408 g/mol. The Balaban J connectivity index is 1.54. The maximum absolute atomic E-state index is 14.6. The summed E-state index contributed by atoms with van der Waals surface area (Å²) in [6.07, 6.45) is 4.66. The number of rotatable bonds is 6. The lowest BCUT2D eigenvalue weighted by molar-refractivity contribution is -0.116. The summed E-state index contributed by atoms with van der Waals surface area (Å²) in [5, 5.41) is 2.64. The number of anilines is 1. The highest BCUT2D eigenvalue weighted by Gasteiger charge is 2.38. The van der Waals surface area contributed by atoms with Gasteiger partial charge in [-0.2, -0.15) is 0 Å². The van der Waals surface area contributed by atoms with E-state index in [9.17, 15) is 18.4 Å². The van der Waals surface area contributed by atoms with E-state index in [1.54, 1.807) is 18.2 Å². The number of amides is 2. The van der Waals surface area contributed by atoms with E-state index in [0.717, 1.165) is 0 Å². The smallest absolute Gasteiger partial charge is 0.255 e. The van der Waals surface area contributed by atoms with Crippen molar-refractivity contribution in [2.45, 2.75) is 25.4 Å². The zero-order valence-corrected chi connectivity index (χ0v) is 15.9. The van der Waals surface area contributed by atoms with Gasteiger partial charge in [-0.3, -0.25) is 14.6 Å². The number of nitrogens with zero attached hydrogens (tertiary/aromatic N) is 3. The van der Waals surface area contributed by atoms with E-state index in [-0.39, 0.29) is 48.1 Å². The van der Waals surface area contributed by atoms with E-state index in [1.165, 1.54) is 47.8 Å².